The van der Waals surface area contributed by atoms with E-state index < -0.39 is 60.8 Å². The molecule has 0 radical (unpaired) electrons. The van der Waals surface area contributed by atoms with Crippen molar-refractivity contribution in [1.29, 1.82) is 0 Å². The summed E-state index contributed by atoms with van der Waals surface area (Å²) in [6.45, 7) is 3.60. The number of hydrogen-bond acceptors (Lipinski definition) is 7. The summed E-state index contributed by atoms with van der Waals surface area (Å²) < 4.78 is 71.8. The van der Waals surface area contributed by atoms with Gasteiger partial charge in [-0.2, -0.15) is 13.2 Å². The minimum Gasteiger partial charge on any atom is -0.475 e. The molecule has 3 aliphatic rings. The summed E-state index contributed by atoms with van der Waals surface area (Å²) in [7, 11) is 1.22. The van der Waals surface area contributed by atoms with Crippen molar-refractivity contribution in [1.82, 2.24) is 15.1 Å². The fourth-order valence-electron chi connectivity index (χ4n) is 5.26. The number of alkyl halides is 5. The topological polar surface area (TPSA) is 125 Å². The SMILES string of the molecule is COC(=O)[C@@H]1C[C@@H]2CN1C(=O)[C@H](C(C)C)NCC(F)(F)CCC/C=C/c1cccc3c1CN(C3)C(=O)O2.O=C(O)C(F)(F)F. The van der Waals surface area contributed by atoms with Crippen molar-refractivity contribution in [3.8, 4) is 0 Å². The molecule has 15 heteroatoms. The second-order valence-corrected chi connectivity index (χ2v) is 11.2. The van der Waals surface area contributed by atoms with Crippen LogP contribution in [0.1, 0.15) is 56.2 Å². The molecule has 244 valence electrons. The number of carbonyl (C=O) groups is 4. The van der Waals surface area contributed by atoms with Crippen LogP contribution in [0, 0.1) is 5.92 Å². The molecule has 4 bridgehead atoms. The third kappa shape index (κ3) is 8.89. The molecule has 1 aromatic rings. The van der Waals surface area contributed by atoms with Gasteiger partial charge in [0.25, 0.3) is 5.92 Å². The highest BCUT2D eigenvalue weighted by Gasteiger charge is 2.45. The third-order valence-electron chi connectivity index (χ3n) is 7.53. The maximum absolute atomic E-state index is 14.7. The Morgan fingerprint density at radius 2 is 1.86 bits per heavy atom. The number of benzene rings is 1. The lowest BCUT2D eigenvalue weighted by atomic mass is 10.0. The van der Waals surface area contributed by atoms with E-state index in [0.717, 1.165) is 16.7 Å². The Hall–Kier alpha value is -3.75. The number of ether oxygens (including phenoxy) is 2. The molecule has 0 unspecified atom stereocenters. The van der Waals surface area contributed by atoms with Gasteiger partial charge in [0.1, 0.15) is 12.1 Å². The zero-order valence-corrected chi connectivity index (χ0v) is 24.5. The number of fused-ring (bicyclic) bond motifs is 3. The number of rotatable bonds is 2. The number of nitrogens with one attached hydrogen (secondary N) is 1. The van der Waals surface area contributed by atoms with E-state index in [9.17, 15) is 36.3 Å². The number of carbonyl (C=O) groups excluding carboxylic acids is 3. The molecule has 3 atom stereocenters. The molecule has 1 aromatic carbocycles. The first-order chi connectivity index (χ1) is 20.5. The van der Waals surface area contributed by atoms with Crippen LogP contribution in [0.25, 0.3) is 6.08 Å². The van der Waals surface area contributed by atoms with Gasteiger partial charge in [0.2, 0.25) is 5.91 Å². The Balaban J connectivity index is 0.000000676. The second kappa shape index (κ2) is 14.4. The average Bonchev–Trinajstić information content (AvgIpc) is 3.56. The van der Waals surface area contributed by atoms with Crippen molar-refractivity contribution < 1.29 is 55.7 Å². The summed E-state index contributed by atoms with van der Waals surface area (Å²) in [5.41, 5.74) is 2.95. The van der Waals surface area contributed by atoms with E-state index in [1.165, 1.54) is 12.0 Å². The first-order valence-corrected chi connectivity index (χ1v) is 14.1. The summed E-state index contributed by atoms with van der Waals surface area (Å²) in [5, 5.41) is 9.87. The van der Waals surface area contributed by atoms with Crippen LogP contribution in [0.3, 0.4) is 0 Å². The van der Waals surface area contributed by atoms with Gasteiger partial charge in [-0.25, -0.2) is 23.2 Å². The zero-order valence-electron chi connectivity index (χ0n) is 24.5. The molecule has 1 fully saturated rings. The molecule has 4 rings (SSSR count). The number of halogens is 5. The van der Waals surface area contributed by atoms with Crippen LogP contribution < -0.4 is 5.32 Å². The van der Waals surface area contributed by atoms with Gasteiger partial charge in [-0.15, -0.1) is 0 Å². The number of amides is 2. The Labute approximate surface area is 251 Å². The minimum atomic E-state index is -5.08. The van der Waals surface area contributed by atoms with Crippen LogP contribution in [-0.2, 0) is 36.9 Å². The fourth-order valence-corrected chi connectivity index (χ4v) is 5.26. The maximum atomic E-state index is 14.7. The molecule has 0 saturated carbocycles. The number of nitrogens with zero attached hydrogens (tertiary/aromatic N) is 2. The highest BCUT2D eigenvalue weighted by molar-refractivity contribution is 5.88. The molecule has 0 aliphatic carbocycles. The smallest absolute Gasteiger partial charge is 0.475 e. The van der Waals surface area contributed by atoms with Crippen molar-refractivity contribution in [2.75, 3.05) is 20.2 Å². The fraction of sp³-hybridized carbons (Fsp3) is 0.586. The number of esters is 1. The van der Waals surface area contributed by atoms with E-state index in [-0.39, 0.29) is 31.7 Å². The van der Waals surface area contributed by atoms with Crippen molar-refractivity contribution in [2.24, 2.45) is 5.92 Å². The van der Waals surface area contributed by atoms with Crippen molar-refractivity contribution in [3.05, 3.63) is 41.0 Å². The largest absolute Gasteiger partial charge is 0.490 e. The van der Waals surface area contributed by atoms with Crippen molar-refractivity contribution in [2.45, 2.75) is 82.9 Å². The minimum absolute atomic E-state index is 0.0135. The van der Waals surface area contributed by atoms with Crippen LogP contribution in [-0.4, -0.2) is 89.3 Å². The number of carboxylic acid groups (broad SMARTS) is 1. The van der Waals surface area contributed by atoms with E-state index in [2.05, 4.69) is 5.32 Å². The van der Waals surface area contributed by atoms with E-state index in [0.29, 0.717) is 19.5 Å². The molecule has 0 spiro atoms. The van der Waals surface area contributed by atoms with Gasteiger partial charge < -0.3 is 19.5 Å². The first-order valence-electron chi connectivity index (χ1n) is 14.1. The predicted octanol–water partition coefficient (Wildman–Crippen LogP) is 4.36. The summed E-state index contributed by atoms with van der Waals surface area (Å²) in [4.78, 5) is 50.9. The van der Waals surface area contributed by atoms with Gasteiger partial charge in [0.05, 0.1) is 32.8 Å². The lowest BCUT2D eigenvalue weighted by molar-refractivity contribution is -0.192. The summed E-state index contributed by atoms with van der Waals surface area (Å²) in [5.74, 6) is -7.18. The van der Waals surface area contributed by atoms with Crippen molar-refractivity contribution >= 4 is 30.0 Å². The highest BCUT2D eigenvalue weighted by atomic mass is 19.4. The monoisotopic (exact) mass is 633 g/mol. The molecular formula is C29H36F5N3O7. The van der Waals surface area contributed by atoms with E-state index in [1.54, 1.807) is 18.7 Å². The van der Waals surface area contributed by atoms with Crippen LogP contribution in [0.5, 0.6) is 0 Å². The van der Waals surface area contributed by atoms with Crippen LogP contribution in [0.2, 0.25) is 0 Å². The second-order valence-electron chi connectivity index (χ2n) is 11.2. The first kappa shape index (κ1) is 34.7. The summed E-state index contributed by atoms with van der Waals surface area (Å²) in [6, 6.07) is 3.91. The van der Waals surface area contributed by atoms with Gasteiger partial charge >= 0.3 is 24.2 Å². The van der Waals surface area contributed by atoms with Gasteiger partial charge in [-0.1, -0.05) is 44.2 Å². The molecule has 1 saturated heterocycles. The number of aliphatic carboxylic acids is 1. The van der Waals surface area contributed by atoms with Gasteiger partial charge in [0, 0.05) is 19.4 Å². The maximum Gasteiger partial charge on any atom is 0.490 e. The van der Waals surface area contributed by atoms with Crippen LogP contribution in [0.15, 0.2) is 24.3 Å². The lowest BCUT2D eigenvalue weighted by Crippen LogP contribution is -2.54. The molecule has 3 aliphatic heterocycles. The molecular weight excluding hydrogens is 597 g/mol. The lowest BCUT2D eigenvalue weighted by Gasteiger charge is -2.31. The van der Waals surface area contributed by atoms with E-state index in [1.807, 2.05) is 30.4 Å². The third-order valence-corrected chi connectivity index (χ3v) is 7.53. The number of allylic oxidation sites excluding steroid dienone is 1. The molecule has 3 heterocycles. The molecule has 0 aromatic heterocycles. The number of methoxy groups -OCH3 is 1. The molecule has 10 nitrogen and oxygen atoms in total. The van der Waals surface area contributed by atoms with Crippen LogP contribution in [0.4, 0.5) is 26.7 Å². The zero-order chi connectivity index (χ0) is 32.8. The normalized spacial score (nSPS) is 24.8. The molecule has 44 heavy (non-hydrogen) atoms. The standard InChI is InChI=1S/C27H35F2N3O5.C2HF3O2/c1-17(2)23-24(33)32-14-20(12-22(32)25(34)36-3)37-26(35)31-13-19-10-7-9-18(21(19)15-31)8-5-4-6-11-27(28,29)16-30-23;3-2(4,5)1(6)7/h5,7-10,17,20,22-23,30H,4,6,11-16H2,1-3H3;(H,6,7)/b8-5+;/t20-,22+,23+;/m1./s1. The average molecular weight is 634 g/mol. The Morgan fingerprint density at radius 3 is 2.48 bits per heavy atom. The van der Waals surface area contributed by atoms with Gasteiger partial charge in [-0.3, -0.25) is 15.0 Å². The summed E-state index contributed by atoms with van der Waals surface area (Å²) in [6.07, 6.45) is -1.99. The van der Waals surface area contributed by atoms with E-state index in [4.69, 9.17) is 19.4 Å². The molecule has 2 N–H and O–H groups in total. The number of carboxylic acids is 1. The van der Waals surface area contributed by atoms with Gasteiger partial charge in [-0.05, 0) is 35.4 Å². The quantitative estimate of drug-likeness (QED) is 0.364. The summed E-state index contributed by atoms with van der Waals surface area (Å²) >= 11 is 0. The Kier molecular flexibility index (Phi) is 11.3. The van der Waals surface area contributed by atoms with Gasteiger partial charge in [0.15, 0.2) is 0 Å². The molecule has 2 amide bonds. The van der Waals surface area contributed by atoms with Crippen molar-refractivity contribution in [3.63, 3.8) is 0 Å². The van der Waals surface area contributed by atoms with Crippen LogP contribution >= 0.6 is 0 Å². The Morgan fingerprint density at radius 1 is 1.18 bits per heavy atom. The predicted molar refractivity (Wildman–Crippen MR) is 146 cm³/mol. The van der Waals surface area contributed by atoms with E-state index >= 15 is 0 Å². The number of hydrogen-bond donors (Lipinski definition) is 2. The highest BCUT2D eigenvalue weighted by Crippen LogP contribution is 2.30. The Bertz CT molecular complexity index is 1250.